The van der Waals surface area contributed by atoms with Crippen LogP contribution in [0.3, 0.4) is 0 Å². The zero-order chi connectivity index (χ0) is 28.1. The second-order valence-electron chi connectivity index (χ2n) is 14.4. The number of ketones is 2. The van der Waals surface area contributed by atoms with E-state index in [9.17, 15) is 35.1 Å². The van der Waals surface area contributed by atoms with Crippen LogP contribution in [-0.2, 0) is 9.59 Å². The Bertz CT molecular complexity index is 1050. The SMILES string of the molecule is CC(C)(O)/C=C/C(=O)[C@@](C)(O)[C@H]1[C@@H](O)C[C@@]2(C)[C@@H]3CC=C4[C@@H](C[C@@H](O)[C@H](O)C4(C)C)[C@]3(C)C(=O)C[C@]12C. The van der Waals surface area contributed by atoms with Crippen molar-refractivity contribution in [2.45, 2.75) is 111 Å². The molecule has 0 spiro atoms. The summed E-state index contributed by atoms with van der Waals surface area (Å²) in [5.41, 5.74) is -5.07. The molecule has 0 aliphatic heterocycles. The van der Waals surface area contributed by atoms with E-state index in [1.54, 1.807) is 0 Å². The van der Waals surface area contributed by atoms with Crippen LogP contribution in [0.4, 0.5) is 0 Å². The van der Waals surface area contributed by atoms with Gasteiger partial charge in [0.15, 0.2) is 5.78 Å². The van der Waals surface area contributed by atoms with Gasteiger partial charge in [0.2, 0.25) is 0 Å². The molecule has 0 aromatic rings. The van der Waals surface area contributed by atoms with Gasteiger partial charge in [-0.3, -0.25) is 9.59 Å². The molecule has 4 rings (SSSR count). The highest BCUT2D eigenvalue weighted by Crippen LogP contribution is 2.74. The monoisotopic (exact) mass is 518 g/mol. The number of carbonyl (C=O) groups excluding carboxylic acids is 2. The van der Waals surface area contributed by atoms with Crippen molar-refractivity contribution in [2.75, 3.05) is 0 Å². The topological polar surface area (TPSA) is 135 Å². The molecule has 4 aliphatic rings. The molecule has 0 heterocycles. The van der Waals surface area contributed by atoms with Crippen molar-refractivity contribution in [1.82, 2.24) is 0 Å². The summed E-state index contributed by atoms with van der Waals surface area (Å²) in [5.74, 6) is -1.88. The van der Waals surface area contributed by atoms with Gasteiger partial charge >= 0.3 is 0 Å². The molecule has 0 amide bonds. The molecule has 0 bridgehead atoms. The highest BCUT2D eigenvalue weighted by atomic mass is 16.3. The molecular weight excluding hydrogens is 472 g/mol. The molecule has 7 heteroatoms. The average Bonchev–Trinajstić information content (AvgIpc) is 2.96. The number of aliphatic hydroxyl groups is 5. The molecule has 3 fully saturated rings. The Hall–Kier alpha value is -1.38. The van der Waals surface area contributed by atoms with Crippen molar-refractivity contribution in [3.05, 3.63) is 23.8 Å². The molecule has 37 heavy (non-hydrogen) atoms. The van der Waals surface area contributed by atoms with Crippen LogP contribution in [0.15, 0.2) is 23.8 Å². The number of Topliss-reactive ketones (excluding diaryl/α,β-unsaturated/α-hetero) is 1. The molecule has 7 nitrogen and oxygen atoms in total. The first-order valence-corrected chi connectivity index (χ1v) is 13.6. The fourth-order valence-corrected chi connectivity index (χ4v) is 9.15. The summed E-state index contributed by atoms with van der Waals surface area (Å²) in [6.45, 7) is 14.3. The van der Waals surface area contributed by atoms with E-state index in [0.29, 0.717) is 19.3 Å². The summed E-state index contributed by atoms with van der Waals surface area (Å²) in [5, 5.41) is 54.6. The van der Waals surface area contributed by atoms with Gasteiger partial charge in [0.05, 0.1) is 23.9 Å². The molecule has 0 aromatic heterocycles. The molecular formula is C30H46O7. The van der Waals surface area contributed by atoms with E-state index in [1.807, 2.05) is 27.7 Å². The second-order valence-corrected chi connectivity index (χ2v) is 14.4. The van der Waals surface area contributed by atoms with Crippen LogP contribution in [0.2, 0.25) is 0 Å². The Morgan fingerprint density at radius 3 is 2.16 bits per heavy atom. The highest BCUT2D eigenvalue weighted by molar-refractivity contribution is 5.97. The highest BCUT2D eigenvalue weighted by Gasteiger charge is 2.74. The van der Waals surface area contributed by atoms with Crippen LogP contribution in [0, 0.1) is 39.4 Å². The lowest BCUT2D eigenvalue weighted by atomic mass is 9.38. The lowest BCUT2D eigenvalue weighted by Gasteiger charge is -2.65. The van der Waals surface area contributed by atoms with E-state index < -0.39 is 62.9 Å². The zero-order valence-corrected chi connectivity index (χ0v) is 23.6. The number of allylic oxidation sites excluding steroid dienone is 1. The maximum Gasteiger partial charge on any atom is 0.187 e. The smallest absolute Gasteiger partial charge is 0.187 e. The Kier molecular flexibility index (Phi) is 6.43. The standard InChI is InChI=1S/C30H46O7/c1-25(2,36)12-11-21(33)30(8,37)23-19(32)14-27(5)20-10-9-16-17(13-18(31)24(35)26(16,3)4)29(20,7)22(34)15-28(23,27)6/h9,11-12,17-20,23-24,31-32,35-37H,10,13-15H2,1-8H3/b12-11+/t17-,18-,19+,20+,23+,24+,27+,28-,29+,30-/m1/s1. The van der Waals surface area contributed by atoms with Crippen LogP contribution in [-0.4, -0.2) is 66.6 Å². The molecule has 0 aromatic carbocycles. The summed E-state index contributed by atoms with van der Waals surface area (Å²) in [6.07, 6.45) is 3.10. The fourth-order valence-electron chi connectivity index (χ4n) is 9.15. The van der Waals surface area contributed by atoms with Crippen molar-refractivity contribution in [1.29, 1.82) is 0 Å². The molecule has 0 radical (unpaired) electrons. The van der Waals surface area contributed by atoms with Gasteiger partial charge in [-0.15, -0.1) is 0 Å². The van der Waals surface area contributed by atoms with Crippen molar-refractivity contribution < 1.29 is 35.1 Å². The number of carbonyl (C=O) groups is 2. The summed E-state index contributed by atoms with van der Waals surface area (Å²) >= 11 is 0. The minimum Gasteiger partial charge on any atom is -0.393 e. The Labute approximate surface area is 220 Å². The molecule has 5 N–H and O–H groups in total. The average molecular weight is 519 g/mol. The van der Waals surface area contributed by atoms with Gasteiger partial charge in [-0.2, -0.15) is 0 Å². The van der Waals surface area contributed by atoms with E-state index in [1.165, 1.54) is 32.9 Å². The van der Waals surface area contributed by atoms with E-state index in [0.717, 1.165) is 5.57 Å². The third kappa shape index (κ3) is 3.79. The van der Waals surface area contributed by atoms with Crippen molar-refractivity contribution in [3.63, 3.8) is 0 Å². The maximum absolute atomic E-state index is 14.2. The van der Waals surface area contributed by atoms with E-state index in [2.05, 4.69) is 13.0 Å². The number of fused-ring (bicyclic) bond motifs is 5. The predicted octanol–water partition coefficient (Wildman–Crippen LogP) is 2.72. The summed E-state index contributed by atoms with van der Waals surface area (Å²) in [4.78, 5) is 27.4. The minimum absolute atomic E-state index is 0.0156. The minimum atomic E-state index is -1.94. The van der Waals surface area contributed by atoms with Crippen LogP contribution < -0.4 is 0 Å². The lowest BCUT2D eigenvalue weighted by Crippen LogP contribution is -2.65. The summed E-state index contributed by atoms with van der Waals surface area (Å²) < 4.78 is 0. The van der Waals surface area contributed by atoms with Crippen LogP contribution in [0.25, 0.3) is 0 Å². The summed E-state index contributed by atoms with van der Waals surface area (Å²) in [6, 6.07) is 0. The molecule has 4 aliphatic carbocycles. The van der Waals surface area contributed by atoms with E-state index in [4.69, 9.17) is 0 Å². The number of aliphatic hydroxyl groups excluding tert-OH is 3. The molecule has 3 saturated carbocycles. The Morgan fingerprint density at radius 2 is 1.59 bits per heavy atom. The number of rotatable bonds is 4. The molecule has 10 atom stereocenters. The Morgan fingerprint density at radius 1 is 1.00 bits per heavy atom. The largest absolute Gasteiger partial charge is 0.393 e. The molecule has 0 unspecified atom stereocenters. The second kappa shape index (κ2) is 8.31. The van der Waals surface area contributed by atoms with Crippen molar-refractivity contribution >= 4 is 11.6 Å². The third-order valence-corrected chi connectivity index (χ3v) is 11.4. The molecule has 208 valence electrons. The Balaban J connectivity index is 1.79. The fraction of sp³-hybridized carbons (Fsp3) is 0.800. The first kappa shape index (κ1) is 28.6. The third-order valence-electron chi connectivity index (χ3n) is 11.4. The molecule has 0 saturated heterocycles. The number of hydrogen-bond donors (Lipinski definition) is 5. The maximum atomic E-state index is 14.2. The van der Waals surface area contributed by atoms with E-state index >= 15 is 0 Å². The van der Waals surface area contributed by atoms with Crippen LogP contribution >= 0.6 is 0 Å². The van der Waals surface area contributed by atoms with Crippen molar-refractivity contribution in [2.24, 2.45) is 39.4 Å². The first-order valence-electron chi connectivity index (χ1n) is 13.6. The van der Waals surface area contributed by atoms with Gasteiger partial charge in [0.25, 0.3) is 0 Å². The van der Waals surface area contributed by atoms with Crippen molar-refractivity contribution in [3.8, 4) is 0 Å². The summed E-state index contributed by atoms with van der Waals surface area (Å²) in [7, 11) is 0. The van der Waals surface area contributed by atoms with Crippen LogP contribution in [0.5, 0.6) is 0 Å². The quantitative estimate of drug-likeness (QED) is 0.285. The van der Waals surface area contributed by atoms with Gasteiger partial charge in [-0.1, -0.05) is 52.3 Å². The van der Waals surface area contributed by atoms with Crippen LogP contribution in [0.1, 0.15) is 81.1 Å². The van der Waals surface area contributed by atoms with Gasteiger partial charge in [0, 0.05) is 23.2 Å². The van der Waals surface area contributed by atoms with Gasteiger partial charge in [0.1, 0.15) is 11.4 Å². The lowest BCUT2D eigenvalue weighted by molar-refractivity contribution is -0.186. The van der Waals surface area contributed by atoms with Gasteiger partial charge < -0.3 is 25.5 Å². The predicted molar refractivity (Wildman–Crippen MR) is 139 cm³/mol. The van der Waals surface area contributed by atoms with Gasteiger partial charge in [-0.05, 0) is 68.8 Å². The normalized spacial score (nSPS) is 47.1. The van der Waals surface area contributed by atoms with Gasteiger partial charge in [-0.25, -0.2) is 0 Å². The zero-order valence-electron chi connectivity index (χ0n) is 23.6. The number of hydrogen-bond acceptors (Lipinski definition) is 7. The first-order chi connectivity index (χ1) is 16.7. The van der Waals surface area contributed by atoms with E-state index in [-0.39, 0.29) is 24.0 Å².